The Kier molecular flexibility index (Phi) is 6.73. The Balaban J connectivity index is 1.44. The summed E-state index contributed by atoms with van der Waals surface area (Å²) in [6, 6.07) is 15.5. The Hall–Kier alpha value is -1.80. The number of carbonyl (C=O) groups is 1. The summed E-state index contributed by atoms with van der Waals surface area (Å²) < 4.78 is 5.96. The summed E-state index contributed by atoms with van der Waals surface area (Å²) in [5, 5.41) is -0.427. The van der Waals surface area contributed by atoms with E-state index in [4.69, 9.17) is 16.3 Å². The molecular formula is C23H27ClO2. The van der Waals surface area contributed by atoms with Crippen molar-refractivity contribution in [3.63, 3.8) is 0 Å². The van der Waals surface area contributed by atoms with Gasteiger partial charge in [0.15, 0.2) is 0 Å². The van der Waals surface area contributed by atoms with Gasteiger partial charge in [0.2, 0.25) is 0 Å². The van der Waals surface area contributed by atoms with Crippen molar-refractivity contribution in [2.24, 2.45) is 11.8 Å². The molecule has 0 radical (unpaired) electrons. The van der Waals surface area contributed by atoms with Crippen LogP contribution in [0, 0.1) is 11.8 Å². The summed E-state index contributed by atoms with van der Waals surface area (Å²) in [6.07, 6.45) is 8.11. The summed E-state index contributed by atoms with van der Waals surface area (Å²) in [7, 11) is 0. The van der Waals surface area contributed by atoms with Gasteiger partial charge in [-0.2, -0.15) is 0 Å². The first-order valence-electron chi connectivity index (χ1n) is 9.69. The lowest BCUT2D eigenvalue weighted by molar-refractivity contribution is 0.108. The molecule has 1 aliphatic rings. The number of ether oxygens (including phenoxy) is 1. The van der Waals surface area contributed by atoms with Gasteiger partial charge >= 0.3 is 0 Å². The van der Waals surface area contributed by atoms with Crippen molar-refractivity contribution in [1.82, 2.24) is 0 Å². The maximum Gasteiger partial charge on any atom is 0.252 e. The van der Waals surface area contributed by atoms with Gasteiger partial charge < -0.3 is 4.74 Å². The molecule has 0 spiro atoms. The number of rotatable bonds is 9. The monoisotopic (exact) mass is 370 g/mol. The fourth-order valence-electron chi connectivity index (χ4n) is 3.68. The van der Waals surface area contributed by atoms with Gasteiger partial charge in [0.25, 0.3) is 5.24 Å². The zero-order valence-electron chi connectivity index (χ0n) is 15.4. The summed E-state index contributed by atoms with van der Waals surface area (Å²) in [5.41, 5.74) is 2.68. The largest absolute Gasteiger partial charge is 0.493 e. The fraction of sp³-hybridized carbons (Fsp3) is 0.435. The van der Waals surface area contributed by atoms with Crippen LogP contribution in [0.4, 0.5) is 0 Å². The molecule has 0 aromatic heterocycles. The molecule has 0 amide bonds. The SMILES string of the molecule is CCCCCC1CC(COc2ccc(-c3ccc(C(=O)Cl)cc3)cc2)C1. The van der Waals surface area contributed by atoms with Crippen molar-refractivity contribution < 1.29 is 9.53 Å². The second-order valence-electron chi connectivity index (χ2n) is 7.39. The minimum Gasteiger partial charge on any atom is -0.493 e. The van der Waals surface area contributed by atoms with Gasteiger partial charge in [-0.25, -0.2) is 0 Å². The van der Waals surface area contributed by atoms with Crippen LogP contribution in [0.5, 0.6) is 5.75 Å². The summed E-state index contributed by atoms with van der Waals surface area (Å²) in [5.74, 6) is 2.58. The quantitative estimate of drug-likeness (QED) is 0.362. The number of carbonyl (C=O) groups excluding carboxylic acids is 1. The van der Waals surface area contributed by atoms with Crippen molar-refractivity contribution >= 4 is 16.8 Å². The maximum atomic E-state index is 11.1. The minimum absolute atomic E-state index is 0.427. The summed E-state index contributed by atoms with van der Waals surface area (Å²) in [4.78, 5) is 11.1. The Morgan fingerprint density at radius 2 is 1.58 bits per heavy atom. The van der Waals surface area contributed by atoms with E-state index in [1.54, 1.807) is 12.1 Å². The van der Waals surface area contributed by atoms with Crippen LogP contribution in [-0.2, 0) is 0 Å². The van der Waals surface area contributed by atoms with Crippen LogP contribution in [0.3, 0.4) is 0 Å². The van der Waals surface area contributed by atoms with E-state index in [9.17, 15) is 4.79 Å². The van der Waals surface area contributed by atoms with Crippen LogP contribution in [-0.4, -0.2) is 11.8 Å². The number of unbranched alkanes of at least 4 members (excludes halogenated alkanes) is 2. The first kappa shape index (κ1) is 19.0. The topological polar surface area (TPSA) is 26.3 Å². The molecule has 1 fully saturated rings. The highest BCUT2D eigenvalue weighted by atomic mass is 35.5. The molecular weight excluding hydrogens is 344 g/mol. The number of hydrogen-bond donors (Lipinski definition) is 0. The number of halogens is 1. The Labute approximate surface area is 161 Å². The molecule has 2 aromatic carbocycles. The highest BCUT2D eigenvalue weighted by Crippen LogP contribution is 2.37. The lowest BCUT2D eigenvalue weighted by Crippen LogP contribution is -2.28. The van der Waals surface area contributed by atoms with Crippen LogP contribution in [0.2, 0.25) is 0 Å². The van der Waals surface area contributed by atoms with Crippen LogP contribution >= 0.6 is 11.6 Å². The number of benzene rings is 2. The average Bonchev–Trinajstić information content (AvgIpc) is 2.63. The molecule has 0 saturated heterocycles. The molecule has 3 heteroatoms. The van der Waals surface area contributed by atoms with Crippen molar-refractivity contribution in [2.75, 3.05) is 6.61 Å². The van der Waals surface area contributed by atoms with Gasteiger partial charge in [-0.1, -0.05) is 56.9 Å². The molecule has 1 aliphatic carbocycles. The number of hydrogen-bond acceptors (Lipinski definition) is 2. The molecule has 138 valence electrons. The predicted octanol–water partition coefficient (Wildman–Crippen LogP) is 6.72. The lowest BCUT2D eigenvalue weighted by atomic mass is 9.73. The normalized spacial score (nSPS) is 19.0. The molecule has 1 saturated carbocycles. The van der Waals surface area contributed by atoms with E-state index < -0.39 is 5.24 Å². The van der Waals surface area contributed by atoms with Gasteiger partial charge in [0.05, 0.1) is 6.61 Å². The third kappa shape index (κ3) is 5.11. The van der Waals surface area contributed by atoms with Gasteiger partial charge in [0, 0.05) is 5.56 Å². The Bertz CT molecular complexity index is 700. The smallest absolute Gasteiger partial charge is 0.252 e. The van der Waals surface area contributed by atoms with Crippen molar-refractivity contribution in [3.05, 3.63) is 54.1 Å². The molecule has 26 heavy (non-hydrogen) atoms. The molecule has 0 unspecified atom stereocenters. The highest BCUT2D eigenvalue weighted by Gasteiger charge is 2.28. The first-order chi connectivity index (χ1) is 12.7. The lowest BCUT2D eigenvalue weighted by Gasteiger charge is -2.35. The van der Waals surface area contributed by atoms with E-state index in [0.717, 1.165) is 35.3 Å². The maximum absolute atomic E-state index is 11.1. The van der Waals surface area contributed by atoms with E-state index in [-0.39, 0.29) is 0 Å². The average molecular weight is 371 g/mol. The van der Waals surface area contributed by atoms with Crippen LogP contribution in [0.15, 0.2) is 48.5 Å². The van der Waals surface area contributed by atoms with Crippen LogP contribution in [0.1, 0.15) is 55.8 Å². The zero-order valence-corrected chi connectivity index (χ0v) is 16.2. The standard InChI is InChI=1S/C23H27ClO2/c1-2-3-4-5-17-14-18(15-17)16-26-22-12-10-20(11-13-22)19-6-8-21(9-7-19)23(24)25/h6-13,17-18H,2-5,14-16H2,1H3. The molecule has 2 nitrogen and oxygen atoms in total. The van der Waals surface area contributed by atoms with E-state index in [0.29, 0.717) is 5.56 Å². The van der Waals surface area contributed by atoms with E-state index in [1.807, 2.05) is 24.3 Å². The Morgan fingerprint density at radius 1 is 0.962 bits per heavy atom. The van der Waals surface area contributed by atoms with E-state index in [1.165, 1.54) is 38.5 Å². The molecule has 0 heterocycles. The molecule has 3 rings (SSSR count). The third-order valence-corrected chi connectivity index (χ3v) is 5.55. The zero-order chi connectivity index (χ0) is 18.4. The van der Waals surface area contributed by atoms with E-state index >= 15 is 0 Å². The highest BCUT2D eigenvalue weighted by molar-refractivity contribution is 6.67. The summed E-state index contributed by atoms with van der Waals surface area (Å²) in [6.45, 7) is 3.09. The second-order valence-corrected chi connectivity index (χ2v) is 7.73. The summed E-state index contributed by atoms with van der Waals surface area (Å²) >= 11 is 5.48. The molecule has 0 atom stereocenters. The van der Waals surface area contributed by atoms with E-state index in [2.05, 4.69) is 19.1 Å². The molecule has 0 bridgehead atoms. The minimum atomic E-state index is -0.427. The molecule has 0 aliphatic heterocycles. The van der Waals surface area contributed by atoms with Crippen molar-refractivity contribution in [3.8, 4) is 16.9 Å². The van der Waals surface area contributed by atoms with Gasteiger partial charge in [-0.05, 0) is 71.7 Å². The first-order valence-corrected chi connectivity index (χ1v) is 10.1. The van der Waals surface area contributed by atoms with Crippen LogP contribution < -0.4 is 4.74 Å². The molecule has 0 N–H and O–H groups in total. The fourth-order valence-corrected chi connectivity index (χ4v) is 3.81. The second kappa shape index (κ2) is 9.23. The van der Waals surface area contributed by atoms with Gasteiger partial charge in [-0.3, -0.25) is 4.79 Å². The van der Waals surface area contributed by atoms with Crippen molar-refractivity contribution in [2.45, 2.75) is 45.4 Å². The van der Waals surface area contributed by atoms with Crippen molar-refractivity contribution in [1.29, 1.82) is 0 Å². The predicted molar refractivity (Wildman–Crippen MR) is 108 cm³/mol. The van der Waals surface area contributed by atoms with Gasteiger partial charge in [0.1, 0.15) is 5.75 Å². The van der Waals surface area contributed by atoms with Gasteiger partial charge in [-0.15, -0.1) is 0 Å². The molecule has 2 aromatic rings. The van der Waals surface area contributed by atoms with Crippen LogP contribution in [0.25, 0.3) is 11.1 Å². The Morgan fingerprint density at radius 3 is 2.15 bits per heavy atom. The third-order valence-electron chi connectivity index (χ3n) is 5.33.